The van der Waals surface area contributed by atoms with Crippen molar-refractivity contribution in [1.82, 2.24) is 0 Å². The van der Waals surface area contributed by atoms with E-state index in [0.29, 0.717) is 18.4 Å². The molecule has 0 spiro atoms. The molecule has 0 aliphatic heterocycles. The standard InChI is InChI=1S/C16H23NO5/c1-21-16-12(8-7-10-14(16)19)13(18)9-5-3-2-4-6-11-15(20)22-17/h7-8,10,19H,2-6,9,11,17H2,1H3. The third-order valence-corrected chi connectivity index (χ3v) is 3.41. The molecule has 0 saturated carbocycles. The molecule has 0 fully saturated rings. The average molecular weight is 309 g/mol. The lowest BCUT2D eigenvalue weighted by atomic mass is 10.0. The fraction of sp³-hybridized carbons (Fsp3) is 0.500. The summed E-state index contributed by atoms with van der Waals surface area (Å²) in [6.07, 6.45) is 5.00. The van der Waals surface area contributed by atoms with Crippen molar-refractivity contribution in [2.45, 2.75) is 44.9 Å². The van der Waals surface area contributed by atoms with Gasteiger partial charge in [0.2, 0.25) is 0 Å². The highest BCUT2D eigenvalue weighted by atomic mass is 16.7. The predicted octanol–water partition coefficient (Wildman–Crippen LogP) is 2.73. The zero-order chi connectivity index (χ0) is 16.4. The molecule has 0 radical (unpaired) electrons. The fourth-order valence-corrected chi connectivity index (χ4v) is 2.24. The number of methoxy groups -OCH3 is 1. The fourth-order valence-electron chi connectivity index (χ4n) is 2.24. The molecule has 3 N–H and O–H groups in total. The molecule has 0 amide bonds. The molecular formula is C16H23NO5. The number of benzene rings is 1. The second-order valence-electron chi connectivity index (χ2n) is 5.04. The molecule has 6 nitrogen and oxygen atoms in total. The lowest BCUT2D eigenvalue weighted by Crippen LogP contribution is -2.09. The summed E-state index contributed by atoms with van der Waals surface area (Å²) in [6, 6.07) is 4.77. The lowest BCUT2D eigenvalue weighted by molar-refractivity contribution is -0.144. The van der Waals surface area contributed by atoms with Crippen LogP contribution in [0.25, 0.3) is 0 Å². The van der Waals surface area contributed by atoms with E-state index in [1.54, 1.807) is 12.1 Å². The minimum atomic E-state index is -0.397. The predicted molar refractivity (Wildman–Crippen MR) is 81.6 cm³/mol. The van der Waals surface area contributed by atoms with E-state index in [1.807, 2.05) is 0 Å². The summed E-state index contributed by atoms with van der Waals surface area (Å²) in [5, 5.41) is 9.65. The number of rotatable bonds is 10. The number of para-hydroxylation sites is 1. The number of nitrogens with two attached hydrogens (primary N) is 1. The van der Waals surface area contributed by atoms with E-state index < -0.39 is 5.97 Å². The van der Waals surface area contributed by atoms with Crippen molar-refractivity contribution in [1.29, 1.82) is 0 Å². The first-order valence-corrected chi connectivity index (χ1v) is 7.39. The van der Waals surface area contributed by atoms with Crippen LogP contribution in [0, 0.1) is 0 Å². The van der Waals surface area contributed by atoms with E-state index in [2.05, 4.69) is 4.84 Å². The van der Waals surface area contributed by atoms with Crippen molar-refractivity contribution in [2.24, 2.45) is 5.90 Å². The van der Waals surface area contributed by atoms with Crippen molar-refractivity contribution in [3.63, 3.8) is 0 Å². The van der Waals surface area contributed by atoms with Gasteiger partial charge in [0.05, 0.1) is 12.7 Å². The van der Waals surface area contributed by atoms with E-state index in [0.717, 1.165) is 32.1 Å². The molecule has 1 aromatic rings. The summed E-state index contributed by atoms with van der Waals surface area (Å²) >= 11 is 0. The van der Waals surface area contributed by atoms with Gasteiger partial charge in [-0.05, 0) is 25.0 Å². The Morgan fingerprint density at radius 3 is 2.36 bits per heavy atom. The lowest BCUT2D eigenvalue weighted by Gasteiger charge is -2.09. The van der Waals surface area contributed by atoms with Gasteiger partial charge in [-0.1, -0.05) is 25.3 Å². The number of hydrogen-bond acceptors (Lipinski definition) is 6. The average Bonchev–Trinajstić information content (AvgIpc) is 2.53. The molecule has 1 aromatic carbocycles. The number of Topliss-reactive ketones (excluding diaryl/α,β-unsaturated/α-hetero) is 1. The highest BCUT2D eigenvalue weighted by Crippen LogP contribution is 2.30. The molecule has 0 saturated heterocycles. The molecule has 0 bridgehead atoms. The van der Waals surface area contributed by atoms with Gasteiger partial charge in [-0.2, -0.15) is 5.90 Å². The molecular weight excluding hydrogens is 286 g/mol. The highest BCUT2D eigenvalue weighted by molar-refractivity contribution is 5.99. The second kappa shape index (κ2) is 9.78. The highest BCUT2D eigenvalue weighted by Gasteiger charge is 2.14. The molecule has 0 unspecified atom stereocenters. The number of unbranched alkanes of at least 4 members (excludes halogenated alkanes) is 4. The zero-order valence-corrected chi connectivity index (χ0v) is 12.8. The number of ether oxygens (including phenoxy) is 1. The van der Waals surface area contributed by atoms with Crippen LogP contribution < -0.4 is 10.6 Å². The van der Waals surface area contributed by atoms with Gasteiger partial charge in [-0.25, -0.2) is 0 Å². The van der Waals surface area contributed by atoms with Gasteiger partial charge in [0.25, 0.3) is 0 Å². The van der Waals surface area contributed by atoms with Gasteiger partial charge in [0.1, 0.15) is 0 Å². The van der Waals surface area contributed by atoms with Crippen LogP contribution in [0.4, 0.5) is 0 Å². The summed E-state index contributed by atoms with van der Waals surface area (Å²) in [7, 11) is 1.43. The van der Waals surface area contributed by atoms with Gasteiger partial charge >= 0.3 is 5.97 Å². The third-order valence-electron chi connectivity index (χ3n) is 3.41. The van der Waals surface area contributed by atoms with Gasteiger partial charge < -0.3 is 14.7 Å². The van der Waals surface area contributed by atoms with Crippen LogP contribution in [0.5, 0.6) is 11.5 Å². The number of phenols is 1. The first-order chi connectivity index (χ1) is 10.6. The number of phenolic OH excluding ortho intramolecular Hbond substituents is 1. The normalized spacial score (nSPS) is 10.3. The summed E-state index contributed by atoms with van der Waals surface area (Å²) in [6.45, 7) is 0. The Morgan fingerprint density at radius 1 is 1.09 bits per heavy atom. The Balaban J connectivity index is 2.27. The maximum absolute atomic E-state index is 12.1. The van der Waals surface area contributed by atoms with Crippen LogP contribution in [0.1, 0.15) is 55.3 Å². The van der Waals surface area contributed by atoms with Crippen LogP contribution >= 0.6 is 0 Å². The minimum Gasteiger partial charge on any atom is -0.504 e. The van der Waals surface area contributed by atoms with Crippen LogP contribution in [0.3, 0.4) is 0 Å². The number of ketones is 1. The molecule has 122 valence electrons. The molecule has 6 heteroatoms. The van der Waals surface area contributed by atoms with Crippen molar-refractivity contribution < 1.29 is 24.3 Å². The largest absolute Gasteiger partial charge is 0.504 e. The molecule has 0 atom stereocenters. The van der Waals surface area contributed by atoms with E-state index in [-0.39, 0.29) is 17.3 Å². The molecule has 0 heterocycles. The van der Waals surface area contributed by atoms with Gasteiger partial charge in [-0.15, -0.1) is 0 Å². The topological polar surface area (TPSA) is 98.8 Å². The van der Waals surface area contributed by atoms with Crippen LogP contribution in [0.15, 0.2) is 18.2 Å². The van der Waals surface area contributed by atoms with E-state index in [4.69, 9.17) is 10.6 Å². The van der Waals surface area contributed by atoms with Crippen molar-refractivity contribution in [3.8, 4) is 11.5 Å². The zero-order valence-electron chi connectivity index (χ0n) is 12.8. The molecule has 0 aliphatic carbocycles. The third kappa shape index (κ3) is 5.73. The molecule has 0 aromatic heterocycles. The number of aromatic hydroxyl groups is 1. The molecule has 22 heavy (non-hydrogen) atoms. The maximum atomic E-state index is 12.1. The second-order valence-corrected chi connectivity index (χ2v) is 5.04. The maximum Gasteiger partial charge on any atom is 0.324 e. The first-order valence-electron chi connectivity index (χ1n) is 7.39. The van der Waals surface area contributed by atoms with Crippen LogP contribution in [0.2, 0.25) is 0 Å². The van der Waals surface area contributed by atoms with Gasteiger partial charge in [-0.3, -0.25) is 9.59 Å². The van der Waals surface area contributed by atoms with E-state index in [1.165, 1.54) is 13.2 Å². The Morgan fingerprint density at radius 2 is 1.73 bits per heavy atom. The quantitative estimate of drug-likeness (QED) is 0.392. The van der Waals surface area contributed by atoms with Crippen LogP contribution in [-0.2, 0) is 9.63 Å². The molecule has 0 aliphatic rings. The first kappa shape index (κ1) is 18.0. The van der Waals surface area contributed by atoms with Crippen molar-refractivity contribution >= 4 is 11.8 Å². The number of hydrogen-bond donors (Lipinski definition) is 2. The molecule has 1 rings (SSSR count). The number of carbonyl (C=O) groups excluding carboxylic acids is 2. The van der Waals surface area contributed by atoms with Gasteiger partial charge in [0, 0.05) is 12.8 Å². The number of carbonyl (C=O) groups is 2. The summed E-state index contributed by atoms with van der Waals surface area (Å²) in [5.74, 6) is 4.50. The summed E-state index contributed by atoms with van der Waals surface area (Å²) < 4.78 is 5.06. The Bertz CT molecular complexity index is 501. The smallest absolute Gasteiger partial charge is 0.324 e. The Kier molecular flexibility index (Phi) is 7.99. The Labute approximate surface area is 130 Å². The van der Waals surface area contributed by atoms with Crippen LogP contribution in [-0.4, -0.2) is 24.0 Å². The SMILES string of the molecule is COc1c(O)cccc1C(=O)CCCCCCCC(=O)ON. The monoisotopic (exact) mass is 309 g/mol. The van der Waals surface area contributed by atoms with Crippen molar-refractivity contribution in [2.75, 3.05) is 7.11 Å². The van der Waals surface area contributed by atoms with E-state index in [9.17, 15) is 14.7 Å². The van der Waals surface area contributed by atoms with Gasteiger partial charge in [0.15, 0.2) is 17.3 Å². The minimum absolute atomic E-state index is 0.0276. The Hall–Kier alpha value is -2.08. The summed E-state index contributed by atoms with van der Waals surface area (Å²) in [5.41, 5.74) is 0.410. The van der Waals surface area contributed by atoms with E-state index >= 15 is 0 Å². The van der Waals surface area contributed by atoms with Crippen molar-refractivity contribution in [3.05, 3.63) is 23.8 Å². The summed E-state index contributed by atoms with van der Waals surface area (Å²) in [4.78, 5) is 27.0.